The first-order valence-corrected chi connectivity index (χ1v) is 16.0. The van der Waals surface area contributed by atoms with Gasteiger partial charge in [0.05, 0.1) is 17.1 Å². The van der Waals surface area contributed by atoms with Gasteiger partial charge >= 0.3 is 0 Å². The Morgan fingerprint density at radius 2 is 0.913 bits per heavy atom. The van der Waals surface area contributed by atoms with Gasteiger partial charge in [-0.25, -0.2) is 4.99 Å². The van der Waals surface area contributed by atoms with Crippen LogP contribution in [0.2, 0.25) is 0 Å². The lowest BCUT2D eigenvalue weighted by Crippen LogP contribution is -1.98. The molecule has 6 aromatic rings. The molecule has 1 N–H and O–H groups in total. The van der Waals surface area contributed by atoms with E-state index in [1.54, 1.807) is 0 Å². The van der Waals surface area contributed by atoms with E-state index in [-0.39, 0.29) is 0 Å². The summed E-state index contributed by atoms with van der Waals surface area (Å²) in [6, 6.07) is 46.2. The van der Waals surface area contributed by atoms with Crippen LogP contribution in [0.25, 0.3) is 33.5 Å². The number of nitrogens with zero attached hydrogens (tertiary/aromatic N) is 1. The number of hydrogen-bond donors (Lipinski definition) is 1. The van der Waals surface area contributed by atoms with Crippen LogP contribution in [-0.4, -0.2) is 10.7 Å². The van der Waals surface area contributed by atoms with E-state index in [1.165, 1.54) is 33.4 Å². The quantitative estimate of drug-likeness (QED) is 0.199. The van der Waals surface area contributed by atoms with Crippen LogP contribution in [0, 0.1) is 34.6 Å². The highest BCUT2D eigenvalue weighted by molar-refractivity contribution is 6.20. The van der Waals surface area contributed by atoms with Crippen molar-refractivity contribution in [1.82, 2.24) is 4.98 Å². The fraction of sp³-hybridized carbons (Fsp3) is 0.114. The van der Waals surface area contributed by atoms with Crippen LogP contribution < -0.4 is 0 Å². The SMILES string of the molecule is Cc1ccc(C2=CC(c3ccc(C)cc3)=N/C2=C(/c2ccc(C)cc2)c2[nH]c(-c3ccc(C)cc3)cc2-c2ccc(C)cc2)cc1. The second-order valence-corrected chi connectivity index (χ2v) is 12.6. The number of aromatic amines is 1. The van der Waals surface area contributed by atoms with Gasteiger partial charge in [-0.2, -0.15) is 0 Å². The van der Waals surface area contributed by atoms with Gasteiger partial charge in [-0.3, -0.25) is 0 Å². The number of nitrogens with one attached hydrogen (secondary N) is 1. The zero-order valence-electron chi connectivity index (χ0n) is 27.1. The van der Waals surface area contributed by atoms with Crippen LogP contribution >= 0.6 is 0 Å². The molecular formula is C44H38N2. The van der Waals surface area contributed by atoms with Crippen molar-refractivity contribution >= 4 is 16.9 Å². The van der Waals surface area contributed by atoms with E-state index in [0.29, 0.717) is 0 Å². The standard InChI is InChI=1S/C44H38N2/c1-28-6-16-33(17-7-28)38-26-40(35-20-10-30(3)11-21-35)45-43(38)42(37-24-14-32(5)15-25-37)44-39(34-18-8-29(2)9-19-34)27-41(46-44)36-22-12-31(4)13-23-36/h6-27,45H,1-5H3/b44-42-. The molecular weight excluding hydrogens is 556 g/mol. The summed E-state index contributed by atoms with van der Waals surface area (Å²) in [5.74, 6) is 0. The van der Waals surface area contributed by atoms with Gasteiger partial charge in [0.15, 0.2) is 0 Å². The van der Waals surface area contributed by atoms with Gasteiger partial charge in [0.2, 0.25) is 0 Å². The third-order valence-corrected chi connectivity index (χ3v) is 8.85. The minimum atomic E-state index is 0.967. The molecule has 0 aliphatic carbocycles. The topological polar surface area (TPSA) is 28.1 Å². The van der Waals surface area contributed by atoms with Crippen LogP contribution in [0.1, 0.15) is 50.2 Å². The van der Waals surface area contributed by atoms with Crippen LogP contribution in [0.15, 0.2) is 144 Å². The first-order chi connectivity index (χ1) is 22.3. The first-order valence-electron chi connectivity index (χ1n) is 16.0. The maximum Gasteiger partial charge on any atom is 0.0815 e. The molecule has 2 heteroatoms. The van der Waals surface area contributed by atoms with Crippen LogP contribution in [-0.2, 0) is 0 Å². The third-order valence-electron chi connectivity index (χ3n) is 8.85. The predicted molar refractivity (Wildman–Crippen MR) is 195 cm³/mol. The Balaban J connectivity index is 1.55. The van der Waals surface area contributed by atoms with Gasteiger partial charge in [0, 0.05) is 28.0 Å². The molecule has 0 bridgehead atoms. The summed E-state index contributed by atoms with van der Waals surface area (Å²) in [6.45, 7) is 10.7. The van der Waals surface area contributed by atoms with Crippen molar-refractivity contribution in [2.75, 3.05) is 0 Å². The van der Waals surface area contributed by atoms with Crippen LogP contribution in [0.5, 0.6) is 0 Å². The van der Waals surface area contributed by atoms with E-state index in [2.05, 4.69) is 173 Å². The third kappa shape index (κ3) is 5.82. The summed E-state index contributed by atoms with van der Waals surface area (Å²) in [4.78, 5) is 9.38. The summed E-state index contributed by atoms with van der Waals surface area (Å²) in [7, 11) is 0. The average molecular weight is 595 g/mol. The van der Waals surface area contributed by atoms with E-state index in [4.69, 9.17) is 4.99 Å². The van der Waals surface area contributed by atoms with Crippen molar-refractivity contribution in [3.8, 4) is 22.4 Å². The van der Waals surface area contributed by atoms with Gasteiger partial charge < -0.3 is 4.98 Å². The van der Waals surface area contributed by atoms with Crippen LogP contribution in [0.3, 0.4) is 0 Å². The number of rotatable bonds is 6. The Morgan fingerprint density at radius 3 is 1.43 bits per heavy atom. The molecule has 0 saturated carbocycles. The number of benzene rings is 5. The lowest BCUT2D eigenvalue weighted by atomic mass is 9.90. The molecule has 1 aliphatic rings. The molecule has 0 atom stereocenters. The molecule has 2 heterocycles. The Labute approximate surface area is 272 Å². The van der Waals surface area contributed by atoms with Crippen molar-refractivity contribution in [2.45, 2.75) is 34.6 Å². The largest absolute Gasteiger partial charge is 0.354 e. The number of aryl methyl sites for hydroxylation is 5. The van der Waals surface area contributed by atoms with Crippen LogP contribution in [0.4, 0.5) is 0 Å². The Bertz CT molecular complexity index is 2120. The molecule has 7 rings (SSSR count). The number of H-pyrrole nitrogens is 1. The van der Waals surface area contributed by atoms with Crippen molar-refractivity contribution in [3.63, 3.8) is 0 Å². The highest BCUT2D eigenvalue weighted by atomic mass is 14.8. The summed E-state index contributed by atoms with van der Waals surface area (Å²) in [6.07, 6.45) is 2.26. The number of allylic oxidation sites excluding steroid dienone is 2. The lowest BCUT2D eigenvalue weighted by Gasteiger charge is -2.16. The lowest BCUT2D eigenvalue weighted by molar-refractivity contribution is 1.31. The second-order valence-electron chi connectivity index (χ2n) is 12.6. The van der Waals surface area contributed by atoms with E-state index >= 15 is 0 Å². The average Bonchev–Trinajstić information content (AvgIpc) is 3.70. The van der Waals surface area contributed by atoms with Gasteiger partial charge in [-0.15, -0.1) is 0 Å². The normalized spacial score (nSPS) is 13.8. The number of hydrogen-bond acceptors (Lipinski definition) is 1. The zero-order chi connectivity index (χ0) is 31.8. The molecule has 1 aromatic heterocycles. The molecule has 0 saturated heterocycles. The van der Waals surface area contributed by atoms with Crippen molar-refractivity contribution < 1.29 is 0 Å². The summed E-state index contributed by atoms with van der Waals surface area (Å²) in [5, 5.41) is 0. The van der Waals surface area contributed by atoms with E-state index < -0.39 is 0 Å². The Kier molecular flexibility index (Phi) is 7.72. The smallest absolute Gasteiger partial charge is 0.0815 e. The van der Waals surface area contributed by atoms with E-state index in [1.807, 2.05) is 0 Å². The van der Waals surface area contributed by atoms with Gasteiger partial charge in [-0.1, -0.05) is 149 Å². The molecule has 1 aliphatic heterocycles. The number of aromatic nitrogens is 1. The molecule has 224 valence electrons. The van der Waals surface area contributed by atoms with Crippen molar-refractivity contribution in [1.29, 1.82) is 0 Å². The highest BCUT2D eigenvalue weighted by Gasteiger charge is 2.26. The molecule has 0 radical (unpaired) electrons. The van der Waals surface area contributed by atoms with E-state index in [9.17, 15) is 0 Å². The minimum Gasteiger partial charge on any atom is -0.354 e. The molecule has 2 nitrogen and oxygen atoms in total. The maximum absolute atomic E-state index is 5.47. The molecule has 5 aromatic carbocycles. The molecule has 0 amide bonds. The molecule has 0 unspecified atom stereocenters. The number of aliphatic imine (C=N–C) groups is 1. The molecule has 0 spiro atoms. The summed E-state index contributed by atoms with van der Waals surface area (Å²) in [5.41, 5.74) is 19.3. The highest BCUT2D eigenvalue weighted by Crippen LogP contribution is 2.43. The summed E-state index contributed by atoms with van der Waals surface area (Å²) < 4.78 is 0. The zero-order valence-corrected chi connectivity index (χ0v) is 27.1. The van der Waals surface area contributed by atoms with Crippen molar-refractivity contribution in [2.24, 2.45) is 4.99 Å². The summed E-state index contributed by atoms with van der Waals surface area (Å²) >= 11 is 0. The Hall–Kier alpha value is -5.47. The monoisotopic (exact) mass is 594 g/mol. The fourth-order valence-corrected chi connectivity index (χ4v) is 6.05. The second kappa shape index (κ2) is 12.1. The Morgan fingerprint density at radius 1 is 0.478 bits per heavy atom. The first kappa shape index (κ1) is 29.3. The maximum atomic E-state index is 5.47. The van der Waals surface area contributed by atoms with Gasteiger partial charge in [0.25, 0.3) is 0 Å². The predicted octanol–water partition coefficient (Wildman–Crippen LogP) is 11.2. The van der Waals surface area contributed by atoms with Gasteiger partial charge in [0.1, 0.15) is 0 Å². The molecule has 46 heavy (non-hydrogen) atoms. The minimum absolute atomic E-state index is 0.967. The molecule has 0 fully saturated rings. The van der Waals surface area contributed by atoms with E-state index in [0.717, 1.165) is 61.8 Å². The fourth-order valence-electron chi connectivity index (χ4n) is 6.05. The van der Waals surface area contributed by atoms with Gasteiger partial charge in [-0.05, 0) is 69.0 Å². The van der Waals surface area contributed by atoms with Crippen molar-refractivity contribution in [3.05, 3.63) is 189 Å².